The number of fused-ring (bicyclic) bond motifs is 5. The summed E-state index contributed by atoms with van der Waals surface area (Å²) < 4.78 is 1.95. The van der Waals surface area contributed by atoms with Crippen LogP contribution in [0.5, 0.6) is 0 Å². The number of hydrogen-bond acceptors (Lipinski definition) is 1. The molecule has 2 heterocycles. The zero-order chi connectivity index (χ0) is 37.9. The van der Waals surface area contributed by atoms with Gasteiger partial charge in [-0.2, -0.15) is 0 Å². The summed E-state index contributed by atoms with van der Waals surface area (Å²) in [5.74, 6) is 0. The minimum atomic E-state index is 0.00785. The average Bonchev–Trinajstić information content (AvgIpc) is 3.63. The van der Waals surface area contributed by atoms with E-state index in [0.717, 1.165) is 82.5 Å². The summed E-state index contributed by atoms with van der Waals surface area (Å²) >= 11 is 0. The highest BCUT2D eigenvalue weighted by atomic mass is 16.1. The van der Waals surface area contributed by atoms with Crippen LogP contribution in [0.15, 0.2) is 217 Å². The lowest BCUT2D eigenvalue weighted by molar-refractivity contribution is 1.21. The second-order valence-electron chi connectivity index (χ2n) is 14.9. The maximum atomic E-state index is 14.4. The SMILES string of the molecule is O=c1c2ccccc2c2cc(-c3cc(-c4ccccc4)cc(-c4ccccc4)c3)cc3c4cc(-c5cc(-c6ccccc6)cc(-c6ccccc6)c5)ccc4n1c23. The summed E-state index contributed by atoms with van der Waals surface area (Å²) in [6, 6.07) is 75.4. The minimum Gasteiger partial charge on any atom is -0.275 e. The summed E-state index contributed by atoms with van der Waals surface area (Å²) in [4.78, 5) is 14.4. The monoisotopic (exact) mass is 725 g/mol. The zero-order valence-corrected chi connectivity index (χ0v) is 31.1. The van der Waals surface area contributed by atoms with Crippen molar-refractivity contribution in [3.05, 3.63) is 223 Å². The Hall–Kier alpha value is -7.55. The lowest BCUT2D eigenvalue weighted by Crippen LogP contribution is -2.12. The van der Waals surface area contributed by atoms with Gasteiger partial charge in [-0.3, -0.25) is 9.20 Å². The molecule has 11 rings (SSSR count). The van der Waals surface area contributed by atoms with E-state index < -0.39 is 0 Å². The molecule has 0 amide bonds. The Kier molecular flexibility index (Phi) is 7.68. The third-order valence-corrected chi connectivity index (χ3v) is 11.5. The Bertz CT molecular complexity index is 3220. The van der Waals surface area contributed by atoms with Crippen LogP contribution in [0.3, 0.4) is 0 Å². The second kappa shape index (κ2) is 13.3. The molecule has 11 aromatic rings. The first-order valence-electron chi connectivity index (χ1n) is 19.5. The van der Waals surface area contributed by atoms with Crippen molar-refractivity contribution in [2.75, 3.05) is 0 Å². The molecule has 0 bridgehead atoms. The lowest BCUT2D eigenvalue weighted by Gasteiger charge is -2.13. The van der Waals surface area contributed by atoms with Crippen LogP contribution in [0.4, 0.5) is 0 Å². The highest BCUT2D eigenvalue weighted by Gasteiger charge is 2.20. The quantitative estimate of drug-likeness (QED) is 0.156. The van der Waals surface area contributed by atoms with Crippen LogP contribution in [0, 0.1) is 0 Å². The molecular formula is C55H35NO. The predicted octanol–water partition coefficient (Wildman–Crippen LogP) is 14.2. The van der Waals surface area contributed by atoms with Crippen molar-refractivity contribution in [3.8, 4) is 66.8 Å². The average molecular weight is 726 g/mol. The third-order valence-electron chi connectivity index (χ3n) is 11.5. The number of nitrogens with zero attached hydrogens (tertiary/aromatic N) is 1. The van der Waals surface area contributed by atoms with Gasteiger partial charge in [0.1, 0.15) is 0 Å². The standard InChI is InChI=1S/C55H35NO/c57-55-49-24-14-13-23-48(49)51-34-47(46-31-43(38-19-9-3-10-20-38)28-44(32-46)39-21-11-4-12-22-39)35-52-50-33-40(25-26-53(50)56(55)54(51)52)45-29-41(36-15-5-1-6-16-36)27-42(30-45)37-17-7-2-8-18-37/h1-35H. The highest BCUT2D eigenvalue weighted by molar-refractivity contribution is 6.22. The fourth-order valence-electron chi connectivity index (χ4n) is 8.71. The first-order chi connectivity index (χ1) is 28.2. The number of hydrogen-bond donors (Lipinski definition) is 0. The van der Waals surface area contributed by atoms with E-state index in [4.69, 9.17) is 0 Å². The van der Waals surface area contributed by atoms with E-state index in [1.807, 2.05) is 22.6 Å². The van der Waals surface area contributed by atoms with Crippen LogP contribution in [-0.2, 0) is 0 Å². The predicted molar refractivity (Wildman–Crippen MR) is 240 cm³/mol. The maximum absolute atomic E-state index is 14.4. The molecule has 0 fully saturated rings. The van der Waals surface area contributed by atoms with Crippen LogP contribution in [0.2, 0.25) is 0 Å². The molecule has 0 radical (unpaired) electrons. The molecule has 0 atom stereocenters. The Morgan fingerprint density at radius 3 is 1.04 bits per heavy atom. The summed E-state index contributed by atoms with van der Waals surface area (Å²) in [5, 5.41) is 4.88. The van der Waals surface area contributed by atoms with E-state index in [2.05, 4.69) is 194 Å². The first-order valence-corrected chi connectivity index (χ1v) is 19.5. The maximum Gasteiger partial charge on any atom is 0.263 e. The summed E-state index contributed by atoms with van der Waals surface area (Å²) in [7, 11) is 0. The molecular weight excluding hydrogens is 691 g/mol. The van der Waals surface area contributed by atoms with E-state index in [9.17, 15) is 4.79 Å². The van der Waals surface area contributed by atoms with Gasteiger partial charge in [-0.1, -0.05) is 146 Å². The molecule has 2 heteroatoms. The Morgan fingerprint density at radius 2 is 0.579 bits per heavy atom. The van der Waals surface area contributed by atoms with Gasteiger partial charge in [0.05, 0.1) is 11.0 Å². The molecule has 0 N–H and O–H groups in total. The van der Waals surface area contributed by atoms with E-state index in [1.54, 1.807) is 0 Å². The topological polar surface area (TPSA) is 21.5 Å². The Labute approximate surface area is 330 Å². The number of pyridine rings is 1. The van der Waals surface area contributed by atoms with Gasteiger partial charge < -0.3 is 0 Å². The molecule has 0 aliphatic heterocycles. The molecule has 0 spiro atoms. The van der Waals surface area contributed by atoms with E-state index in [1.165, 1.54) is 22.3 Å². The van der Waals surface area contributed by atoms with Gasteiger partial charge in [0.15, 0.2) is 0 Å². The van der Waals surface area contributed by atoms with E-state index in [-0.39, 0.29) is 5.56 Å². The van der Waals surface area contributed by atoms with Crippen molar-refractivity contribution in [1.82, 2.24) is 4.40 Å². The van der Waals surface area contributed by atoms with Crippen molar-refractivity contribution < 1.29 is 0 Å². The molecule has 0 saturated heterocycles. The number of benzene rings is 9. The normalized spacial score (nSPS) is 11.6. The molecule has 0 unspecified atom stereocenters. The van der Waals surface area contributed by atoms with Crippen LogP contribution < -0.4 is 5.56 Å². The molecule has 2 aromatic heterocycles. The fraction of sp³-hybridized carbons (Fsp3) is 0. The van der Waals surface area contributed by atoms with Gasteiger partial charge in [-0.05, 0) is 139 Å². The van der Waals surface area contributed by atoms with Crippen molar-refractivity contribution in [2.24, 2.45) is 0 Å². The molecule has 266 valence electrons. The largest absolute Gasteiger partial charge is 0.275 e. The first kappa shape index (κ1) is 32.8. The highest BCUT2D eigenvalue weighted by Crippen LogP contribution is 2.42. The smallest absolute Gasteiger partial charge is 0.263 e. The summed E-state index contributed by atoms with van der Waals surface area (Å²) in [6.07, 6.45) is 0. The van der Waals surface area contributed by atoms with Crippen molar-refractivity contribution in [3.63, 3.8) is 0 Å². The second-order valence-corrected chi connectivity index (χ2v) is 14.9. The third kappa shape index (κ3) is 5.61. The van der Waals surface area contributed by atoms with Crippen molar-refractivity contribution in [1.29, 1.82) is 0 Å². The van der Waals surface area contributed by atoms with Gasteiger partial charge >= 0.3 is 0 Å². The lowest BCUT2D eigenvalue weighted by atomic mass is 9.91. The van der Waals surface area contributed by atoms with E-state index in [0.29, 0.717) is 0 Å². The van der Waals surface area contributed by atoms with Crippen LogP contribution in [0.1, 0.15) is 0 Å². The number of rotatable bonds is 6. The zero-order valence-electron chi connectivity index (χ0n) is 31.1. The van der Waals surface area contributed by atoms with Crippen LogP contribution >= 0.6 is 0 Å². The molecule has 9 aromatic carbocycles. The minimum absolute atomic E-state index is 0.00785. The van der Waals surface area contributed by atoms with Crippen molar-refractivity contribution in [2.45, 2.75) is 0 Å². The Balaban J connectivity index is 1.19. The van der Waals surface area contributed by atoms with Gasteiger partial charge in [0.2, 0.25) is 0 Å². The van der Waals surface area contributed by atoms with Gasteiger partial charge in [-0.15, -0.1) is 0 Å². The Morgan fingerprint density at radius 1 is 0.246 bits per heavy atom. The molecule has 57 heavy (non-hydrogen) atoms. The number of aromatic nitrogens is 1. The molecule has 0 aliphatic carbocycles. The summed E-state index contributed by atoms with van der Waals surface area (Å²) in [5.41, 5.74) is 15.7. The summed E-state index contributed by atoms with van der Waals surface area (Å²) in [6.45, 7) is 0. The van der Waals surface area contributed by atoms with Crippen LogP contribution in [0.25, 0.3) is 105 Å². The van der Waals surface area contributed by atoms with Gasteiger partial charge in [-0.25, -0.2) is 0 Å². The molecule has 0 aliphatic rings. The van der Waals surface area contributed by atoms with Crippen molar-refractivity contribution >= 4 is 38.0 Å². The van der Waals surface area contributed by atoms with Gasteiger partial charge in [0, 0.05) is 21.5 Å². The molecule has 2 nitrogen and oxygen atoms in total. The van der Waals surface area contributed by atoms with Crippen LogP contribution in [-0.4, -0.2) is 4.40 Å². The fourth-order valence-corrected chi connectivity index (χ4v) is 8.71. The van der Waals surface area contributed by atoms with E-state index >= 15 is 0 Å². The molecule has 0 saturated carbocycles. The van der Waals surface area contributed by atoms with Gasteiger partial charge in [0.25, 0.3) is 5.56 Å².